The molecule has 78 valence electrons. The highest BCUT2D eigenvalue weighted by atomic mass is 79.9. The van der Waals surface area contributed by atoms with Crippen LogP contribution in [-0.2, 0) is 10.1 Å². The number of nitriles is 1. The van der Waals surface area contributed by atoms with Crippen LogP contribution in [0.15, 0.2) is 17.0 Å². The zero-order valence-corrected chi connectivity index (χ0v) is 10.4. The SMILES string of the molecule is COC(=O)c1cc(S)cc(C#N)c1CBr. The van der Waals surface area contributed by atoms with Crippen molar-refractivity contribution in [2.45, 2.75) is 10.2 Å². The van der Waals surface area contributed by atoms with Gasteiger partial charge in [-0.3, -0.25) is 0 Å². The number of rotatable bonds is 2. The molecule has 1 rings (SSSR count). The molecule has 0 aliphatic heterocycles. The van der Waals surface area contributed by atoms with E-state index in [0.717, 1.165) is 0 Å². The van der Waals surface area contributed by atoms with E-state index in [2.05, 4.69) is 33.3 Å². The van der Waals surface area contributed by atoms with Crippen LogP contribution in [-0.4, -0.2) is 13.1 Å². The van der Waals surface area contributed by atoms with Crippen molar-refractivity contribution in [2.24, 2.45) is 0 Å². The first kappa shape index (κ1) is 12.1. The molecule has 0 aliphatic rings. The first-order valence-electron chi connectivity index (χ1n) is 4.04. The van der Waals surface area contributed by atoms with E-state index < -0.39 is 5.97 Å². The minimum atomic E-state index is -0.461. The van der Waals surface area contributed by atoms with Crippen molar-refractivity contribution in [2.75, 3.05) is 7.11 Å². The fraction of sp³-hybridized carbons (Fsp3) is 0.200. The van der Waals surface area contributed by atoms with Gasteiger partial charge in [0, 0.05) is 10.2 Å². The number of carbonyl (C=O) groups is 1. The summed E-state index contributed by atoms with van der Waals surface area (Å²) in [6.07, 6.45) is 0. The van der Waals surface area contributed by atoms with Gasteiger partial charge in [-0.05, 0) is 17.7 Å². The zero-order chi connectivity index (χ0) is 11.4. The minimum absolute atomic E-state index is 0.374. The average molecular weight is 286 g/mol. The number of hydrogen-bond acceptors (Lipinski definition) is 4. The van der Waals surface area contributed by atoms with Crippen molar-refractivity contribution in [3.8, 4) is 6.07 Å². The number of ether oxygens (including phenoxy) is 1. The van der Waals surface area contributed by atoms with Crippen LogP contribution in [0.25, 0.3) is 0 Å². The van der Waals surface area contributed by atoms with E-state index >= 15 is 0 Å². The second-order valence-electron chi connectivity index (χ2n) is 2.76. The molecule has 0 atom stereocenters. The summed E-state index contributed by atoms with van der Waals surface area (Å²) in [5.74, 6) is -0.461. The largest absolute Gasteiger partial charge is 0.465 e. The molecule has 0 aliphatic carbocycles. The molecular formula is C10H8BrNO2S. The Morgan fingerprint density at radius 2 is 2.33 bits per heavy atom. The summed E-state index contributed by atoms with van der Waals surface area (Å²) in [7, 11) is 1.30. The lowest BCUT2D eigenvalue weighted by molar-refractivity contribution is 0.0599. The first-order chi connectivity index (χ1) is 7.13. The van der Waals surface area contributed by atoms with Gasteiger partial charge >= 0.3 is 5.97 Å². The lowest BCUT2D eigenvalue weighted by Gasteiger charge is -2.08. The van der Waals surface area contributed by atoms with Gasteiger partial charge in [0.2, 0.25) is 0 Å². The first-order valence-corrected chi connectivity index (χ1v) is 5.61. The van der Waals surface area contributed by atoms with E-state index in [1.54, 1.807) is 12.1 Å². The molecule has 0 spiro atoms. The van der Waals surface area contributed by atoms with E-state index in [1.807, 2.05) is 6.07 Å². The predicted molar refractivity (Wildman–Crippen MR) is 62.4 cm³/mol. The normalized spacial score (nSPS) is 9.47. The van der Waals surface area contributed by atoms with Gasteiger partial charge in [-0.2, -0.15) is 5.26 Å². The molecular weight excluding hydrogens is 278 g/mol. The standard InChI is InChI=1S/C10H8BrNO2S/c1-14-10(13)8-3-7(15)2-6(5-12)9(8)4-11/h2-3,15H,4H2,1H3. The lowest BCUT2D eigenvalue weighted by Crippen LogP contribution is -2.06. The Bertz CT molecular complexity index is 440. The van der Waals surface area contributed by atoms with Crippen molar-refractivity contribution >= 4 is 34.5 Å². The summed E-state index contributed by atoms with van der Waals surface area (Å²) < 4.78 is 4.63. The molecule has 0 fully saturated rings. The predicted octanol–water partition coefficient (Wildman–Crippen LogP) is 2.53. The summed E-state index contributed by atoms with van der Waals surface area (Å²) in [6, 6.07) is 5.23. The Balaban J connectivity index is 3.43. The number of esters is 1. The van der Waals surface area contributed by atoms with Crippen LogP contribution < -0.4 is 0 Å². The molecule has 0 heterocycles. The van der Waals surface area contributed by atoms with Crippen molar-refractivity contribution in [3.05, 3.63) is 28.8 Å². The number of nitrogens with zero attached hydrogens (tertiary/aromatic N) is 1. The van der Waals surface area contributed by atoms with Crippen molar-refractivity contribution in [1.29, 1.82) is 5.26 Å². The number of alkyl halides is 1. The summed E-state index contributed by atoms with van der Waals surface area (Å²) in [5, 5.41) is 9.32. The third-order valence-electron chi connectivity index (χ3n) is 1.89. The van der Waals surface area contributed by atoms with Crippen LogP contribution in [0.2, 0.25) is 0 Å². The molecule has 0 N–H and O–H groups in total. The van der Waals surface area contributed by atoms with E-state index in [0.29, 0.717) is 26.9 Å². The number of methoxy groups -OCH3 is 1. The minimum Gasteiger partial charge on any atom is -0.465 e. The van der Waals surface area contributed by atoms with Gasteiger partial charge in [0.1, 0.15) is 0 Å². The Kier molecular flexibility index (Phi) is 4.18. The average Bonchev–Trinajstić information content (AvgIpc) is 2.26. The number of carbonyl (C=O) groups excluding carboxylic acids is 1. The van der Waals surface area contributed by atoms with Crippen molar-refractivity contribution < 1.29 is 9.53 Å². The third-order valence-corrected chi connectivity index (χ3v) is 2.71. The van der Waals surface area contributed by atoms with Gasteiger partial charge in [-0.1, -0.05) is 15.9 Å². The van der Waals surface area contributed by atoms with E-state index in [9.17, 15) is 4.79 Å². The molecule has 0 amide bonds. The highest BCUT2D eigenvalue weighted by Crippen LogP contribution is 2.22. The number of halogens is 1. The second-order valence-corrected chi connectivity index (χ2v) is 3.83. The molecule has 5 heteroatoms. The van der Waals surface area contributed by atoms with Crippen LogP contribution in [0.4, 0.5) is 0 Å². The molecule has 0 radical (unpaired) electrons. The Labute approximate surface area is 102 Å². The highest BCUT2D eigenvalue weighted by Gasteiger charge is 2.15. The molecule has 0 saturated heterocycles. The van der Waals surface area contributed by atoms with Crippen LogP contribution >= 0.6 is 28.6 Å². The summed E-state index contributed by atoms with van der Waals surface area (Å²) in [4.78, 5) is 12.0. The fourth-order valence-electron chi connectivity index (χ4n) is 1.19. The van der Waals surface area contributed by atoms with E-state index in [1.165, 1.54) is 7.11 Å². The molecule has 1 aromatic rings. The molecule has 0 unspecified atom stereocenters. The quantitative estimate of drug-likeness (QED) is 0.516. The fourth-order valence-corrected chi connectivity index (χ4v) is 2.05. The summed E-state index contributed by atoms with van der Waals surface area (Å²) >= 11 is 7.36. The zero-order valence-electron chi connectivity index (χ0n) is 7.95. The van der Waals surface area contributed by atoms with Crippen LogP contribution in [0, 0.1) is 11.3 Å². The van der Waals surface area contributed by atoms with Crippen LogP contribution in [0.3, 0.4) is 0 Å². The van der Waals surface area contributed by atoms with Gasteiger partial charge in [0.15, 0.2) is 0 Å². The maximum atomic E-state index is 11.4. The van der Waals surface area contributed by atoms with Crippen molar-refractivity contribution in [1.82, 2.24) is 0 Å². The highest BCUT2D eigenvalue weighted by molar-refractivity contribution is 9.08. The van der Waals surface area contributed by atoms with Gasteiger partial charge < -0.3 is 4.74 Å². The molecule has 1 aromatic carbocycles. The Morgan fingerprint density at radius 3 is 2.80 bits per heavy atom. The summed E-state index contributed by atoms with van der Waals surface area (Å²) in [6.45, 7) is 0. The maximum Gasteiger partial charge on any atom is 0.338 e. The maximum absolute atomic E-state index is 11.4. The van der Waals surface area contributed by atoms with Gasteiger partial charge in [0.05, 0.1) is 24.3 Å². The van der Waals surface area contributed by atoms with Crippen LogP contribution in [0.1, 0.15) is 21.5 Å². The van der Waals surface area contributed by atoms with E-state index in [-0.39, 0.29) is 0 Å². The Hall–Kier alpha value is -0.990. The monoisotopic (exact) mass is 285 g/mol. The van der Waals surface area contributed by atoms with E-state index in [4.69, 9.17) is 5.26 Å². The molecule has 0 bridgehead atoms. The number of hydrogen-bond donors (Lipinski definition) is 1. The van der Waals surface area contributed by atoms with Crippen LogP contribution in [0.5, 0.6) is 0 Å². The van der Waals surface area contributed by atoms with Gasteiger partial charge in [0.25, 0.3) is 0 Å². The smallest absolute Gasteiger partial charge is 0.338 e. The lowest BCUT2D eigenvalue weighted by atomic mass is 10.0. The van der Waals surface area contributed by atoms with Crippen molar-refractivity contribution in [3.63, 3.8) is 0 Å². The molecule has 0 aromatic heterocycles. The topological polar surface area (TPSA) is 50.1 Å². The molecule has 15 heavy (non-hydrogen) atoms. The number of benzene rings is 1. The molecule has 3 nitrogen and oxygen atoms in total. The Morgan fingerprint density at radius 1 is 1.67 bits per heavy atom. The second kappa shape index (κ2) is 5.19. The van der Waals surface area contributed by atoms with Gasteiger partial charge in [-0.25, -0.2) is 4.79 Å². The molecule has 0 saturated carbocycles. The third kappa shape index (κ3) is 2.52. The summed E-state index contributed by atoms with van der Waals surface area (Å²) in [5.41, 5.74) is 1.43. The van der Waals surface area contributed by atoms with Gasteiger partial charge in [-0.15, -0.1) is 12.6 Å². The number of thiol groups is 1.